The van der Waals surface area contributed by atoms with Crippen molar-refractivity contribution in [2.45, 2.75) is 78.9 Å². The maximum atomic E-state index is 12.9. The molecule has 4 heteroatoms. The molecule has 1 amide bonds. The molecule has 0 spiro atoms. The Morgan fingerprint density at radius 1 is 1.28 bits per heavy atom. The average Bonchev–Trinajstić information content (AvgIpc) is 3.41. The molecule has 1 aliphatic carbocycles. The lowest BCUT2D eigenvalue weighted by molar-refractivity contribution is -0.142. The first-order chi connectivity index (χ1) is 11.8. The highest BCUT2D eigenvalue weighted by Crippen LogP contribution is 2.42. The minimum absolute atomic E-state index is 0.0437. The number of benzene rings is 1. The summed E-state index contributed by atoms with van der Waals surface area (Å²) in [6.07, 6.45) is 4.18. The van der Waals surface area contributed by atoms with E-state index in [1.807, 2.05) is 32.9 Å². The van der Waals surface area contributed by atoms with Gasteiger partial charge in [0.05, 0.1) is 6.10 Å². The summed E-state index contributed by atoms with van der Waals surface area (Å²) in [5.74, 6) is 1.20. The molecule has 0 aliphatic heterocycles. The predicted octanol–water partition coefficient (Wildman–Crippen LogP) is 5.01. The minimum atomic E-state index is -0.732. The van der Waals surface area contributed by atoms with Crippen molar-refractivity contribution < 1.29 is 14.3 Å². The van der Waals surface area contributed by atoms with Crippen LogP contribution < -0.4 is 10.1 Å². The maximum Gasteiger partial charge on any atom is 0.256 e. The largest absolute Gasteiger partial charge is 0.490 e. The van der Waals surface area contributed by atoms with Gasteiger partial charge >= 0.3 is 0 Å². The molecule has 1 N–H and O–H groups in total. The van der Waals surface area contributed by atoms with E-state index in [0.717, 1.165) is 48.2 Å². The molecule has 0 aromatic heterocycles. The van der Waals surface area contributed by atoms with Gasteiger partial charge in [-0.05, 0) is 82.6 Å². The van der Waals surface area contributed by atoms with E-state index in [-0.39, 0.29) is 12.0 Å². The van der Waals surface area contributed by atoms with Gasteiger partial charge in [0.25, 0.3) is 5.91 Å². The predicted molar refractivity (Wildman–Crippen MR) is 102 cm³/mol. The van der Waals surface area contributed by atoms with Crippen LogP contribution in [0, 0.1) is 19.8 Å². The summed E-state index contributed by atoms with van der Waals surface area (Å²) in [5, 5.41) is 3.07. The third kappa shape index (κ3) is 4.75. The Kier molecular flexibility index (Phi) is 6.50. The fourth-order valence-corrected chi connectivity index (χ4v) is 3.07. The van der Waals surface area contributed by atoms with Gasteiger partial charge < -0.3 is 14.8 Å². The van der Waals surface area contributed by atoms with Crippen molar-refractivity contribution in [1.29, 1.82) is 0 Å². The Labute approximate surface area is 152 Å². The fourth-order valence-electron chi connectivity index (χ4n) is 3.07. The number of aryl methyl sites for hydroxylation is 2. The lowest BCUT2D eigenvalue weighted by Crippen LogP contribution is -2.45. The van der Waals surface area contributed by atoms with E-state index in [9.17, 15) is 4.79 Å². The lowest BCUT2D eigenvalue weighted by atomic mass is 9.98. The Morgan fingerprint density at radius 2 is 1.88 bits per heavy atom. The Bertz CT molecular complexity index is 586. The van der Waals surface area contributed by atoms with Crippen molar-refractivity contribution in [1.82, 2.24) is 0 Å². The lowest BCUT2D eigenvalue weighted by Gasteiger charge is -2.29. The second kappa shape index (κ2) is 8.22. The van der Waals surface area contributed by atoms with Crippen molar-refractivity contribution in [3.63, 3.8) is 0 Å². The average molecular weight is 347 g/mol. The van der Waals surface area contributed by atoms with Crippen LogP contribution in [0.5, 0.6) is 5.75 Å². The summed E-state index contributed by atoms with van der Waals surface area (Å²) in [7, 11) is 0. The molecule has 2 rings (SSSR count). The van der Waals surface area contributed by atoms with Gasteiger partial charge in [-0.2, -0.15) is 0 Å². The van der Waals surface area contributed by atoms with Crippen LogP contribution in [0.25, 0.3) is 0 Å². The fraction of sp³-hybridized carbons (Fsp3) is 0.667. The zero-order valence-electron chi connectivity index (χ0n) is 16.6. The Morgan fingerprint density at radius 3 is 2.36 bits per heavy atom. The summed E-state index contributed by atoms with van der Waals surface area (Å²) in [4.78, 5) is 12.9. The number of ether oxygens (including phenoxy) is 2. The van der Waals surface area contributed by atoms with Gasteiger partial charge in [-0.15, -0.1) is 0 Å². The molecule has 25 heavy (non-hydrogen) atoms. The quantitative estimate of drug-likeness (QED) is 0.683. The van der Waals surface area contributed by atoms with Crippen molar-refractivity contribution in [2.75, 3.05) is 11.9 Å². The molecule has 1 fully saturated rings. The monoisotopic (exact) mass is 347 g/mol. The van der Waals surface area contributed by atoms with E-state index in [2.05, 4.69) is 26.1 Å². The van der Waals surface area contributed by atoms with Crippen LogP contribution in [-0.4, -0.2) is 24.2 Å². The van der Waals surface area contributed by atoms with E-state index >= 15 is 0 Å². The van der Waals surface area contributed by atoms with Crippen LogP contribution >= 0.6 is 0 Å². The first-order valence-electron chi connectivity index (χ1n) is 9.55. The van der Waals surface area contributed by atoms with Gasteiger partial charge in [0.15, 0.2) is 0 Å². The molecule has 1 aliphatic rings. The number of carbonyl (C=O) groups is 1. The third-order valence-corrected chi connectivity index (χ3v) is 5.03. The van der Waals surface area contributed by atoms with Gasteiger partial charge in [0.2, 0.25) is 0 Å². The van der Waals surface area contributed by atoms with Crippen molar-refractivity contribution >= 4 is 11.6 Å². The first kappa shape index (κ1) is 19.8. The van der Waals surface area contributed by atoms with Crippen LogP contribution in [0.3, 0.4) is 0 Å². The van der Waals surface area contributed by atoms with Crippen LogP contribution in [-0.2, 0) is 9.53 Å². The second-order valence-electron chi connectivity index (χ2n) is 7.46. The minimum Gasteiger partial charge on any atom is -0.490 e. The molecule has 1 saturated carbocycles. The molecule has 4 nitrogen and oxygen atoms in total. The van der Waals surface area contributed by atoms with Crippen LogP contribution in [0.1, 0.15) is 64.5 Å². The molecule has 140 valence electrons. The summed E-state index contributed by atoms with van der Waals surface area (Å²) < 4.78 is 12.0. The number of amides is 1. The van der Waals surface area contributed by atoms with E-state index in [4.69, 9.17) is 9.47 Å². The van der Waals surface area contributed by atoms with E-state index in [0.29, 0.717) is 12.5 Å². The number of nitrogens with one attached hydrogen (secondary N) is 1. The van der Waals surface area contributed by atoms with E-state index in [1.165, 1.54) is 0 Å². The molecule has 0 unspecified atom stereocenters. The van der Waals surface area contributed by atoms with Crippen LogP contribution in [0.4, 0.5) is 5.69 Å². The highest BCUT2D eigenvalue weighted by molar-refractivity contribution is 5.97. The van der Waals surface area contributed by atoms with E-state index in [1.54, 1.807) is 0 Å². The number of hydrogen-bond acceptors (Lipinski definition) is 3. The molecule has 1 aromatic rings. The maximum absolute atomic E-state index is 12.9. The highest BCUT2D eigenvalue weighted by atomic mass is 16.5. The van der Waals surface area contributed by atoms with Crippen molar-refractivity contribution in [3.05, 3.63) is 23.3 Å². The second-order valence-corrected chi connectivity index (χ2v) is 7.46. The summed E-state index contributed by atoms with van der Waals surface area (Å²) in [6, 6.07) is 3.96. The standard InChI is InChI=1S/C21H33NO3/c1-7-11-24-21(6,17-9-10-17)20(23)22-18-12-14(3)19(15(4)13-18)25-16(5)8-2/h12-13,16-17H,7-11H2,1-6H3,(H,22,23)/t16-,21+/m0/s1. The SMILES string of the molecule is CCCO[C@@](C)(C(=O)Nc1cc(C)c(O[C@@H](C)CC)c(C)c1)C1CC1. The Hall–Kier alpha value is -1.55. The smallest absolute Gasteiger partial charge is 0.256 e. The van der Waals surface area contributed by atoms with E-state index < -0.39 is 5.60 Å². The number of carbonyl (C=O) groups excluding carboxylic acids is 1. The molecular weight excluding hydrogens is 314 g/mol. The number of anilines is 1. The highest BCUT2D eigenvalue weighted by Gasteiger charge is 2.48. The topological polar surface area (TPSA) is 47.6 Å². The van der Waals surface area contributed by atoms with Gasteiger partial charge in [-0.3, -0.25) is 4.79 Å². The van der Waals surface area contributed by atoms with Gasteiger partial charge in [-0.1, -0.05) is 13.8 Å². The molecule has 0 bridgehead atoms. The summed E-state index contributed by atoms with van der Waals surface area (Å²) in [6.45, 7) is 12.8. The third-order valence-electron chi connectivity index (χ3n) is 5.03. The zero-order valence-corrected chi connectivity index (χ0v) is 16.6. The van der Waals surface area contributed by atoms with Crippen molar-refractivity contribution in [2.24, 2.45) is 5.92 Å². The van der Waals surface area contributed by atoms with Crippen LogP contribution in [0.2, 0.25) is 0 Å². The van der Waals surface area contributed by atoms with Gasteiger partial charge in [0, 0.05) is 12.3 Å². The summed E-state index contributed by atoms with van der Waals surface area (Å²) >= 11 is 0. The van der Waals surface area contributed by atoms with Gasteiger partial charge in [0.1, 0.15) is 11.4 Å². The molecule has 2 atom stereocenters. The Balaban J connectivity index is 2.15. The first-order valence-corrected chi connectivity index (χ1v) is 9.55. The number of rotatable bonds is 9. The molecule has 0 saturated heterocycles. The molecule has 0 heterocycles. The normalized spacial score (nSPS) is 17.7. The zero-order chi connectivity index (χ0) is 18.6. The molecule has 1 aromatic carbocycles. The van der Waals surface area contributed by atoms with Gasteiger partial charge in [-0.25, -0.2) is 0 Å². The van der Waals surface area contributed by atoms with Crippen LogP contribution in [0.15, 0.2) is 12.1 Å². The molecule has 0 radical (unpaired) electrons. The van der Waals surface area contributed by atoms with Crippen molar-refractivity contribution in [3.8, 4) is 5.75 Å². The molecular formula is C21H33NO3. The number of hydrogen-bond donors (Lipinski definition) is 1. The summed E-state index contributed by atoms with van der Waals surface area (Å²) in [5.41, 5.74) is 2.16.